The number of aromatic nitrogens is 4. The van der Waals surface area contributed by atoms with Crippen molar-refractivity contribution >= 4 is 23.0 Å². The Hall–Kier alpha value is -2.47. The number of halogens is 1. The molecule has 0 fully saturated rings. The third-order valence-electron chi connectivity index (χ3n) is 2.83. The van der Waals surface area contributed by atoms with E-state index in [1.807, 2.05) is 0 Å². The maximum atomic E-state index is 12.1. The van der Waals surface area contributed by atoms with E-state index in [-0.39, 0.29) is 18.0 Å². The average Bonchev–Trinajstić information content (AvgIpc) is 2.76. The molecule has 3 rings (SSSR count). The highest BCUT2D eigenvalue weighted by Gasteiger charge is 2.12. The normalized spacial score (nSPS) is 10.8. The monoisotopic (exact) mass is 288 g/mol. The summed E-state index contributed by atoms with van der Waals surface area (Å²) >= 11 is 5.84. The van der Waals surface area contributed by atoms with Crippen LogP contribution >= 0.6 is 11.6 Å². The van der Waals surface area contributed by atoms with Crippen LogP contribution in [0.5, 0.6) is 0 Å². The van der Waals surface area contributed by atoms with Gasteiger partial charge in [-0.15, -0.1) is 5.10 Å². The minimum atomic E-state index is -0.377. The van der Waals surface area contributed by atoms with Gasteiger partial charge in [-0.05, 0) is 12.1 Å². The average molecular weight is 289 g/mol. The first-order valence-electron chi connectivity index (χ1n) is 5.83. The first-order chi connectivity index (χ1) is 9.65. The van der Waals surface area contributed by atoms with Gasteiger partial charge >= 0.3 is 5.69 Å². The van der Waals surface area contributed by atoms with E-state index in [0.717, 1.165) is 4.68 Å². The maximum absolute atomic E-state index is 12.1. The van der Waals surface area contributed by atoms with Crippen LogP contribution in [0.1, 0.15) is 10.4 Å². The summed E-state index contributed by atoms with van der Waals surface area (Å²) in [6, 6.07) is 6.58. The summed E-state index contributed by atoms with van der Waals surface area (Å²) in [5, 5.41) is 4.53. The fourth-order valence-electron chi connectivity index (χ4n) is 1.87. The highest BCUT2D eigenvalue weighted by Crippen LogP contribution is 2.11. The molecule has 2 heterocycles. The first kappa shape index (κ1) is 12.6. The highest BCUT2D eigenvalue weighted by molar-refractivity contribution is 6.31. The Morgan fingerprint density at radius 3 is 2.95 bits per heavy atom. The zero-order valence-electron chi connectivity index (χ0n) is 10.2. The van der Waals surface area contributed by atoms with Gasteiger partial charge in [0, 0.05) is 23.0 Å². The van der Waals surface area contributed by atoms with E-state index in [0.29, 0.717) is 16.2 Å². The molecule has 0 atom stereocenters. The van der Waals surface area contributed by atoms with Crippen LogP contribution in [0.25, 0.3) is 5.65 Å². The molecule has 6 nitrogen and oxygen atoms in total. The molecule has 2 aromatic heterocycles. The number of hydrogen-bond donors (Lipinski definition) is 0. The molecular formula is C13H9ClN4O2. The maximum Gasteiger partial charge on any atom is 0.350 e. The van der Waals surface area contributed by atoms with Crippen LogP contribution in [0.4, 0.5) is 0 Å². The van der Waals surface area contributed by atoms with Crippen molar-refractivity contribution in [2.24, 2.45) is 0 Å². The van der Waals surface area contributed by atoms with E-state index in [1.54, 1.807) is 24.3 Å². The standard InChI is InChI=1S/C13H9ClN4O2/c14-10-3-1-2-9(6-10)11(19)8-18-13(20)17-5-4-15-7-12(17)16-18/h1-7H,8H2. The minimum absolute atomic E-state index is 0.138. The zero-order valence-corrected chi connectivity index (χ0v) is 11.0. The van der Waals surface area contributed by atoms with E-state index in [1.165, 1.54) is 23.0 Å². The number of nitrogens with zero attached hydrogens (tertiary/aromatic N) is 4. The van der Waals surface area contributed by atoms with E-state index < -0.39 is 0 Å². The van der Waals surface area contributed by atoms with E-state index in [4.69, 9.17) is 11.6 Å². The van der Waals surface area contributed by atoms with Gasteiger partial charge in [0.05, 0.1) is 6.20 Å². The van der Waals surface area contributed by atoms with Gasteiger partial charge in [-0.2, -0.15) is 0 Å². The minimum Gasteiger partial charge on any atom is -0.292 e. The summed E-state index contributed by atoms with van der Waals surface area (Å²) in [5.74, 6) is -0.231. The molecule has 0 saturated carbocycles. The largest absolute Gasteiger partial charge is 0.350 e. The zero-order chi connectivity index (χ0) is 14.1. The summed E-state index contributed by atoms with van der Waals surface area (Å²) in [4.78, 5) is 28.0. The number of carbonyl (C=O) groups excluding carboxylic acids is 1. The quantitative estimate of drug-likeness (QED) is 0.684. The molecule has 0 aliphatic carbocycles. The molecule has 1 aromatic carbocycles. The number of ketones is 1. The molecule has 0 bridgehead atoms. The molecule has 3 aromatic rings. The number of carbonyl (C=O) groups is 1. The molecular weight excluding hydrogens is 280 g/mol. The van der Waals surface area contributed by atoms with Crippen molar-refractivity contribution in [2.45, 2.75) is 6.54 Å². The van der Waals surface area contributed by atoms with Gasteiger partial charge in [-0.1, -0.05) is 23.7 Å². The van der Waals surface area contributed by atoms with Crippen LogP contribution in [-0.2, 0) is 6.54 Å². The van der Waals surface area contributed by atoms with Gasteiger partial charge in [0.1, 0.15) is 6.54 Å². The Morgan fingerprint density at radius 1 is 1.35 bits per heavy atom. The summed E-state index contributed by atoms with van der Waals surface area (Å²) in [6.07, 6.45) is 4.45. The molecule has 0 saturated heterocycles. The van der Waals surface area contributed by atoms with Gasteiger partial charge in [-0.25, -0.2) is 13.9 Å². The number of rotatable bonds is 3. The van der Waals surface area contributed by atoms with Crippen molar-refractivity contribution in [1.82, 2.24) is 19.2 Å². The second-order valence-corrected chi connectivity index (χ2v) is 4.61. The third kappa shape index (κ3) is 2.21. The molecule has 0 unspecified atom stereocenters. The summed E-state index contributed by atoms with van der Waals surface area (Å²) in [7, 11) is 0. The van der Waals surface area contributed by atoms with Crippen molar-refractivity contribution in [3.8, 4) is 0 Å². The fourth-order valence-corrected chi connectivity index (χ4v) is 2.06. The van der Waals surface area contributed by atoms with Gasteiger partial charge in [0.25, 0.3) is 0 Å². The number of fused-ring (bicyclic) bond motifs is 1. The van der Waals surface area contributed by atoms with Crippen molar-refractivity contribution in [3.05, 3.63) is 63.9 Å². The molecule has 0 amide bonds. The number of Topliss-reactive ketones (excluding diaryl/α,β-unsaturated/α-hetero) is 1. The lowest BCUT2D eigenvalue weighted by Gasteiger charge is -2.00. The smallest absolute Gasteiger partial charge is 0.292 e. The van der Waals surface area contributed by atoms with Crippen molar-refractivity contribution in [3.63, 3.8) is 0 Å². The Labute approximate surface area is 118 Å². The predicted molar refractivity (Wildman–Crippen MR) is 73.0 cm³/mol. The molecule has 0 spiro atoms. The van der Waals surface area contributed by atoms with E-state index in [2.05, 4.69) is 10.1 Å². The molecule has 0 radical (unpaired) electrons. The SMILES string of the molecule is O=C(Cn1nc2cnccn2c1=O)c1cccc(Cl)c1. The van der Waals surface area contributed by atoms with Gasteiger partial charge in [0.15, 0.2) is 11.4 Å². The Bertz CT molecular complexity index is 853. The lowest BCUT2D eigenvalue weighted by atomic mass is 10.1. The number of benzene rings is 1. The molecule has 0 aliphatic heterocycles. The van der Waals surface area contributed by atoms with E-state index in [9.17, 15) is 9.59 Å². The Morgan fingerprint density at radius 2 is 2.20 bits per heavy atom. The molecule has 20 heavy (non-hydrogen) atoms. The van der Waals surface area contributed by atoms with Crippen LogP contribution in [0, 0.1) is 0 Å². The van der Waals surface area contributed by atoms with E-state index >= 15 is 0 Å². The first-order valence-corrected chi connectivity index (χ1v) is 6.21. The van der Waals surface area contributed by atoms with Crippen molar-refractivity contribution in [1.29, 1.82) is 0 Å². The molecule has 100 valence electrons. The second kappa shape index (κ2) is 4.90. The predicted octanol–water partition coefficient (Wildman–Crippen LogP) is 1.43. The van der Waals surface area contributed by atoms with Crippen molar-refractivity contribution < 1.29 is 4.79 Å². The van der Waals surface area contributed by atoms with Crippen LogP contribution in [0.3, 0.4) is 0 Å². The van der Waals surface area contributed by atoms with Crippen LogP contribution in [-0.4, -0.2) is 24.9 Å². The van der Waals surface area contributed by atoms with Gasteiger partial charge < -0.3 is 0 Å². The van der Waals surface area contributed by atoms with Gasteiger partial charge in [-0.3, -0.25) is 9.78 Å². The van der Waals surface area contributed by atoms with Crippen LogP contribution < -0.4 is 5.69 Å². The second-order valence-electron chi connectivity index (χ2n) is 4.18. The van der Waals surface area contributed by atoms with Crippen LogP contribution in [0.15, 0.2) is 47.7 Å². The Kier molecular flexibility index (Phi) is 3.08. The summed E-state index contributed by atoms with van der Waals surface area (Å²) in [6.45, 7) is -0.138. The highest BCUT2D eigenvalue weighted by atomic mass is 35.5. The lowest BCUT2D eigenvalue weighted by Crippen LogP contribution is -2.25. The molecule has 7 heteroatoms. The lowest BCUT2D eigenvalue weighted by molar-refractivity contribution is 0.0966. The summed E-state index contributed by atoms with van der Waals surface area (Å²) in [5.41, 5.74) is 0.466. The van der Waals surface area contributed by atoms with Gasteiger partial charge in [0.2, 0.25) is 0 Å². The topological polar surface area (TPSA) is 69.3 Å². The fraction of sp³-hybridized carbons (Fsp3) is 0.0769. The molecule has 0 aliphatic rings. The molecule has 0 N–H and O–H groups in total. The summed E-state index contributed by atoms with van der Waals surface area (Å²) < 4.78 is 2.44. The third-order valence-corrected chi connectivity index (χ3v) is 3.06. The number of hydrogen-bond acceptors (Lipinski definition) is 4. The Balaban J connectivity index is 1.95. The van der Waals surface area contributed by atoms with Crippen molar-refractivity contribution in [2.75, 3.05) is 0 Å². The van der Waals surface area contributed by atoms with Crippen LogP contribution in [0.2, 0.25) is 5.02 Å².